The van der Waals surface area contributed by atoms with Crippen LogP contribution in [0.15, 0.2) is 16.8 Å². The minimum atomic E-state index is -0.283. The van der Waals surface area contributed by atoms with Crippen LogP contribution in [0.25, 0.3) is 0 Å². The largest absolute Gasteiger partial charge is 0.360 e. The molecule has 1 aliphatic heterocycles. The van der Waals surface area contributed by atoms with Crippen molar-refractivity contribution in [2.45, 2.75) is 64.3 Å². The molecule has 8 heteroatoms. The first-order chi connectivity index (χ1) is 14.0. The summed E-state index contributed by atoms with van der Waals surface area (Å²) in [5.74, 6) is 2.38. The molecular weight excluding hydrogens is 370 g/mol. The predicted molar refractivity (Wildman–Crippen MR) is 107 cm³/mol. The van der Waals surface area contributed by atoms with E-state index in [2.05, 4.69) is 15.0 Å². The van der Waals surface area contributed by atoms with Gasteiger partial charge in [0.1, 0.15) is 11.6 Å². The van der Waals surface area contributed by atoms with Gasteiger partial charge in [0.15, 0.2) is 5.82 Å². The maximum atomic E-state index is 12.9. The zero-order valence-electron chi connectivity index (χ0n) is 17.2. The predicted octanol–water partition coefficient (Wildman–Crippen LogP) is 2.89. The van der Waals surface area contributed by atoms with Gasteiger partial charge >= 0.3 is 0 Å². The summed E-state index contributed by atoms with van der Waals surface area (Å²) in [6.07, 6.45) is 9.77. The number of anilines is 1. The average molecular weight is 399 g/mol. The number of aromatic nitrogens is 3. The van der Waals surface area contributed by atoms with E-state index >= 15 is 0 Å². The molecule has 156 valence electrons. The van der Waals surface area contributed by atoms with Gasteiger partial charge in [0, 0.05) is 49.8 Å². The van der Waals surface area contributed by atoms with E-state index in [9.17, 15) is 9.59 Å². The van der Waals surface area contributed by atoms with Crippen molar-refractivity contribution in [1.29, 1.82) is 0 Å². The first-order valence-electron chi connectivity index (χ1n) is 10.5. The molecule has 2 aromatic heterocycles. The molecule has 1 atom stereocenters. The Morgan fingerprint density at radius 3 is 2.79 bits per heavy atom. The van der Waals surface area contributed by atoms with Crippen LogP contribution in [-0.4, -0.2) is 45.0 Å². The van der Waals surface area contributed by atoms with Crippen molar-refractivity contribution in [3.63, 3.8) is 0 Å². The van der Waals surface area contributed by atoms with Gasteiger partial charge in [-0.05, 0) is 26.2 Å². The maximum absolute atomic E-state index is 12.9. The molecule has 2 aromatic rings. The summed E-state index contributed by atoms with van der Waals surface area (Å²) < 4.78 is 7.27. The minimum Gasteiger partial charge on any atom is -0.360 e. The van der Waals surface area contributed by atoms with Gasteiger partial charge in [-0.15, -0.1) is 0 Å². The summed E-state index contributed by atoms with van der Waals surface area (Å²) in [5.41, 5.74) is 1.14. The molecule has 0 spiro atoms. The summed E-state index contributed by atoms with van der Waals surface area (Å²) in [7, 11) is 1.68. The van der Waals surface area contributed by atoms with Crippen molar-refractivity contribution in [3.05, 3.63) is 29.5 Å². The van der Waals surface area contributed by atoms with E-state index in [1.165, 1.54) is 42.8 Å². The molecule has 1 unspecified atom stereocenters. The van der Waals surface area contributed by atoms with Crippen LogP contribution >= 0.6 is 0 Å². The standard InChI is InChI=1S/C21H29N5O3/c1-14-10-18(24-29-14)23-19(27)13-25(2)21(28)16-8-9-26-17(11-16)12-22-20(26)15-6-4-3-5-7-15/h10,12,15-16H,3-9,11,13H2,1-2H3,(H,23,24,27). The highest BCUT2D eigenvalue weighted by Crippen LogP contribution is 2.34. The lowest BCUT2D eigenvalue weighted by Gasteiger charge is -2.29. The van der Waals surface area contributed by atoms with Crippen LogP contribution in [0.5, 0.6) is 0 Å². The highest BCUT2D eigenvalue weighted by molar-refractivity contribution is 5.94. The molecule has 1 aliphatic carbocycles. The third kappa shape index (κ3) is 4.36. The fourth-order valence-corrected chi connectivity index (χ4v) is 4.60. The highest BCUT2D eigenvalue weighted by Gasteiger charge is 2.31. The van der Waals surface area contributed by atoms with E-state index in [-0.39, 0.29) is 24.3 Å². The Morgan fingerprint density at radius 1 is 1.28 bits per heavy atom. The number of amides is 2. The number of hydrogen-bond donors (Lipinski definition) is 1. The molecule has 29 heavy (non-hydrogen) atoms. The monoisotopic (exact) mass is 399 g/mol. The topological polar surface area (TPSA) is 93.3 Å². The number of nitrogens with zero attached hydrogens (tertiary/aromatic N) is 4. The van der Waals surface area contributed by atoms with Crippen molar-refractivity contribution < 1.29 is 14.1 Å². The van der Waals surface area contributed by atoms with Crippen LogP contribution in [0.3, 0.4) is 0 Å². The minimum absolute atomic E-state index is 0.00292. The summed E-state index contributed by atoms with van der Waals surface area (Å²) >= 11 is 0. The number of fused-ring (bicyclic) bond motifs is 1. The average Bonchev–Trinajstić information content (AvgIpc) is 3.33. The fraction of sp³-hybridized carbons (Fsp3) is 0.619. The number of imidazole rings is 1. The van der Waals surface area contributed by atoms with Gasteiger partial charge in [-0.3, -0.25) is 9.59 Å². The number of nitrogens with one attached hydrogen (secondary N) is 1. The van der Waals surface area contributed by atoms with Crippen LogP contribution in [0.4, 0.5) is 5.82 Å². The van der Waals surface area contributed by atoms with Gasteiger partial charge in [-0.2, -0.15) is 0 Å². The molecule has 0 aromatic carbocycles. The van der Waals surface area contributed by atoms with Crippen LogP contribution in [0, 0.1) is 12.8 Å². The van der Waals surface area contributed by atoms with Crippen molar-refractivity contribution in [3.8, 4) is 0 Å². The molecule has 2 amide bonds. The number of aryl methyl sites for hydroxylation is 1. The second kappa shape index (κ2) is 8.39. The van der Waals surface area contributed by atoms with Crippen molar-refractivity contribution in [2.24, 2.45) is 5.92 Å². The smallest absolute Gasteiger partial charge is 0.245 e. The molecule has 1 N–H and O–H groups in total. The Morgan fingerprint density at radius 2 is 2.07 bits per heavy atom. The lowest BCUT2D eigenvalue weighted by molar-refractivity contribution is -0.137. The van der Waals surface area contributed by atoms with E-state index in [0.29, 0.717) is 23.9 Å². The highest BCUT2D eigenvalue weighted by atomic mass is 16.5. The normalized spacial score (nSPS) is 19.6. The van der Waals surface area contributed by atoms with Crippen molar-refractivity contribution in [1.82, 2.24) is 19.6 Å². The Hall–Kier alpha value is -2.64. The Kier molecular flexibility index (Phi) is 5.69. The van der Waals surface area contributed by atoms with Gasteiger partial charge in [-0.1, -0.05) is 24.4 Å². The third-order valence-corrected chi connectivity index (χ3v) is 6.10. The summed E-state index contributed by atoms with van der Waals surface area (Å²) in [6, 6.07) is 1.64. The van der Waals surface area contributed by atoms with Crippen LogP contribution in [-0.2, 0) is 22.6 Å². The molecule has 8 nitrogen and oxygen atoms in total. The van der Waals surface area contributed by atoms with Crippen molar-refractivity contribution >= 4 is 17.6 Å². The molecule has 3 heterocycles. The summed E-state index contributed by atoms with van der Waals surface area (Å²) in [5, 5.41) is 6.40. The molecule has 2 aliphatic rings. The quantitative estimate of drug-likeness (QED) is 0.834. The van der Waals surface area contributed by atoms with E-state index in [1.807, 2.05) is 6.20 Å². The van der Waals surface area contributed by atoms with Crippen molar-refractivity contribution in [2.75, 3.05) is 18.9 Å². The second-order valence-electron chi connectivity index (χ2n) is 8.35. The first-order valence-corrected chi connectivity index (χ1v) is 10.5. The second-order valence-corrected chi connectivity index (χ2v) is 8.35. The van der Waals surface area contributed by atoms with E-state index in [0.717, 1.165) is 18.7 Å². The van der Waals surface area contributed by atoms with Crippen LogP contribution in [0.2, 0.25) is 0 Å². The molecule has 0 radical (unpaired) electrons. The van der Waals surface area contributed by atoms with Gasteiger partial charge in [0.05, 0.1) is 6.54 Å². The van der Waals surface area contributed by atoms with E-state index in [1.54, 1.807) is 20.0 Å². The number of hydrogen-bond acceptors (Lipinski definition) is 5. The summed E-state index contributed by atoms with van der Waals surface area (Å²) in [6.45, 7) is 2.58. The first kappa shape index (κ1) is 19.7. The Balaban J connectivity index is 1.34. The molecule has 1 fully saturated rings. The molecule has 4 rings (SSSR count). The van der Waals surface area contributed by atoms with Crippen LogP contribution < -0.4 is 5.32 Å². The fourth-order valence-electron chi connectivity index (χ4n) is 4.60. The zero-order valence-corrected chi connectivity index (χ0v) is 17.2. The van der Waals surface area contributed by atoms with Gasteiger partial charge < -0.3 is 19.3 Å². The SMILES string of the molecule is Cc1cc(NC(=O)CN(C)C(=O)C2CCn3c(cnc3C3CCCCC3)C2)no1. The lowest BCUT2D eigenvalue weighted by Crippen LogP contribution is -2.41. The number of carbonyl (C=O) groups excluding carboxylic acids is 2. The molecule has 1 saturated carbocycles. The Bertz CT molecular complexity index is 881. The third-order valence-electron chi connectivity index (χ3n) is 6.10. The zero-order chi connectivity index (χ0) is 20.4. The van der Waals surface area contributed by atoms with Gasteiger partial charge in [-0.25, -0.2) is 4.98 Å². The van der Waals surface area contributed by atoms with Gasteiger partial charge in [0.2, 0.25) is 11.8 Å². The van der Waals surface area contributed by atoms with E-state index in [4.69, 9.17) is 9.51 Å². The Labute approximate surface area is 170 Å². The van der Waals surface area contributed by atoms with Crippen LogP contribution in [0.1, 0.15) is 61.7 Å². The molecule has 0 saturated heterocycles. The number of carbonyl (C=O) groups is 2. The maximum Gasteiger partial charge on any atom is 0.245 e. The molecular formula is C21H29N5O3. The summed E-state index contributed by atoms with van der Waals surface area (Å²) in [4.78, 5) is 31.3. The number of likely N-dealkylation sites (N-methyl/N-ethyl adjacent to an activating group) is 1. The molecule has 0 bridgehead atoms. The number of rotatable bonds is 5. The van der Waals surface area contributed by atoms with Gasteiger partial charge in [0.25, 0.3) is 0 Å². The lowest BCUT2D eigenvalue weighted by atomic mass is 9.88. The van der Waals surface area contributed by atoms with E-state index < -0.39 is 0 Å².